The van der Waals surface area contributed by atoms with Crippen molar-refractivity contribution in [3.63, 3.8) is 0 Å². The van der Waals surface area contributed by atoms with E-state index in [9.17, 15) is 9.59 Å². The molecule has 122 valence electrons. The summed E-state index contributed by atoms with van der Waals surface area (Å²) in [6, 6.07) is 11.4. The van der Waals surface area contributed by atoms with E-state index in [0.717, 1.165) is 36.1 Å². The van der Waals surface area contributed by atoms with E-state index >= 15 is 0 Å². The Morgan fingerprint density at radius 3 is 2.67 bits per heavy atom. The van der Waals surface area contributed by atoms with Gasteiger partial charge in [0.1, 0.15) is 5.54 Å². The van der Waals surface area contributed by atoms with Gasteiger partial charge in [0, 0.05) is 18.3 Å². The first kappa shape index (κ1) is 14.9. The van der Waals surface area contributed by atoms with Crippen molar-refractivity contribution in [3.05, 3.63) is 59.4 Å². The molecular formula is C19H19N3O2. The normalized spacial score (nSPS) is 18.6. The molecule has 0 bridgehead atoms. The van der Waals surface area contributed by atoms with E-state index in [2.05, 4.69) is 10.3 Å². The number of carbonyl (C=O) groups is 2. The number of hydrogen-bond donors (Lipinski definition) is 1. The summed E-state index contributed by atoms with van der Waals surface area (Å²) in [4.78, 5) is 30.8. The second kappa shape index (κ2) is 5.44. The third-order valence-electron chi connectivity index (χ3n) is 4.99. The fraction of sp³-hybridized carbons (Fsp3) is 0.316. The van der Waals surface area contributed by atoms with Crippen LogP contribution in [-0.4, -0.2) is 22.5 Å². The van der Waals surface area contributed by atoms with Gasteiger partial charge in [-0.25, -0.2) is 9.69 Å². The predicted molar refractivity (Wildman–Crippen MR) is 90.8 cm³/mol. The number of aromatic nitrogens is 1. The quantitative estimate of drug-likeness (QED) is 0.884. The standard InChI is InChI=1S/C19H19N3O2/c1-13-6-7-14(11-15-5-2-3-10-20-15)12-16(13)22-17(23)19(8-4-9-19)21-18(22)24/h2-3,5-7,10,12H,4,8-9,11H2,1H3,(H,21,24). The van der Waals surface area contributed by atoms with Crippen LogP contribution >= 0.6 is 0 Å². The molecular weight excluding hydrogens is 302 g/mol. The lowest BCUT2D eigenvalue weighted by Crippen LogP contribution is -2.52. The van der Waals surface area contributed by atoms with Crippen LogP contribution in [0.1, 0.15) is 36.1 Å². The van der Waals surface area contributed by atoms with Crippen LogP contribution in [-0.2, 0) is 11.2 Å². The number of anilines is 1. The van der Waals surface area contributed by atoms with Gasteiger partial charge in [-0.1, -0.05) is 18.2 Å². The Morgan fingerprint density at radius 1 is 1.21 bits per heavy atom. The average Bonchev–Trinajstić information content (AvgIpc) is 2.82. The third-order valence-corrected chi connectivity index (χ3v) is 4.99. The van der Waals surface area contributed by atoms with Gasteiger partial charge in [0.05, 0.1) is 5.69 Å². The number of pyridine rings is 1. The van der Waals surface area contributed by atoms with Gasteiger partial charge >= 0.3 is 6.03 Å². The number of nitrogens with zero attached hydrogens (tertiary/aromatic N) is 2. The van der Waals surface area contributed by atoms with Crippen molar-refractivity contribution in [2.45, 2.75) is 38.1 Å². The first-order chi connectivity index (χ1) is 11.6. The Kier molecular flexibility index (Phi) is 3.37. The molecule has 0 unspecified atom stereocenters. The largest absolute Gasteiger partial charge is 0.329 e. The highest BCUT2D eigenvalue weighted by Gasteiger charge is 2.55. The summed E-state index contributed by atoms with van der Waals surface area (Å²) in [7, 11) is 0. The minimum absolute atomic E-state index is 0.114. The molecule has 5 heteroatoms. The van der Waals surface area contributed by atoms with Crippen LogP contribution in [0.5, 0.6) is 0 Å². The topological polar surface area (TPSA) is 62.3 Å². The van der Waals surface area contributed by atoms with Crippen LogP contribution in [0, 0.1) is 6.92 Å². The smallest absolute Gasteiger partial charge is 0.323 e. The van der Waals surface area contributed by atoms with Crippen LogP contribution in [0.25, 0.3) is 0 Å². The maximum atomic E-state index is 12.8. The van der Waals surface area contributed by atoms with Crippen LogP contribution in [0.3, 0.4) is 0 Å². The molecule has 3 amide bonds. The molecule has 2 aromatic rings. The van der Waals surface area contributed by atoms with Crippen molar-refractivity contribution in [3.8, 4) is 0 Å². The van der Waals surface area contributed by atoms with Crippen molar-refractivity contribution in [1.29, 1.82) is 0 Å². The average molecular weight is 321 g/mol. The number of urea groups is 1. The SMILES string of the molecule is Cc1ccc(Cc2ccccn2)cc1N1C(=O)NC2(CCC2)C1=O. The zero-order valence-electron chi connectivity index (χ0n) is 13.6. The molecule has 2 fully saturated rings. The summed E-state index contributed by atoms with van der Waals surface area (Å²) in [6.45, 7) is 1.92. The summed E-state index contributed by atoms with van der Waals surface area (Å²) >= 11 is 0. The van der Waals surface area contributed by atoms with Gasteiger partial charge in [0.25, 0.3) is 5.91 Å². The highest BCUT2D eigenvalue weighted by Crippen LogP contribution is 2.39. The minimum Gasteiger partial charge on any atom is -0.323 e. The van der Waals surface area contributed by atoms with E-state index in [4.69, 9.17) is 0 Å². The zero-order valence-corrected chi connectivity index (χ0v) is 13.6. The third kappa shape index (κ3) is 2.28. The van der Waals surface area contributed by atoms with Crippen LogP contribution in [0.4, 0.5) is 10.5 Å². The number of imide groups is 1. The molecule has 2 aliphatic rings. The Balaban J connectivity index is 1.67. The van der Waals surface area contributed by atoms with Crippen molar-refractivity contribution >= 4 is 17.6 Å². The summed E-state index contributed by atoms with van der Waals surface area (Å²) < 4.78 is 0. The molecule has 2 heterocycles. The maximum Gasteiger partial charge on any atom is 0.329 e. The van der Waals surface area contributed by atoms with E-state index in [1.165, 1.54) is 4.90 Å². The molecule has 1 N–H and O–H groups in total. The van der Waals surface area contributed by atoms with Crippen LogP contribution in [0.15, 0.2) is 42.6 Å². The lowest BCUT2D eigenvalue weighted by atomic mass is 9.77. The molecule has 1 aliphatic carbocycles. The second-order valence-corrected chi connectivity index (χ2v) is 6.63. The van der Waals surface area contributed by atoms with E-state index in [1.54, 1.807) is 6.20 Å². The summed E-state index contributed by atoms with van der Waals surface area (Å²) in [6.07, 6.45) is 4.89. The Bertz CT molecular complexity index is 813. The molecule has 4 rings (SSSR count). The Labute approximate surface area is 140 Å². The Hall–Kier alpha value is -2.69. The van der Waals surface area contributed by atoms with Crippen LogP contribution < -0.4 is 10.2 Å². The van der Waals surface area contributed by atoms with Gasteiger partial charge in [-0.05, 0) is 55.5 Å². The maximum absolute atomic E-state index is 12.8. The van der Waals surface area contributed by atoms with Gasteiger partial charge in [-0.3, -0.25) is 9.78 Å². The zero-order chi connectivity index (χ0) is 16.7. The second-order valence-electron chi connectivity index (χ2n) is 6.63. The van der Waals surface area contributed by atoms with Crippen molar-refractivity contribution < 1.29 is 9.59 Å². The van der Waals surface area contributed by atoms with Crippen molar-refractivity contribution in [2.75, 3.05) is 4.90 Å². The first-order valence-electron chi connectivity index (χ1n) is 8.25. The molecule has 1 aromatic carbocycles. The number of carbonyl (C=O) groups excluding carboxylic acids is 2. The number of benzene rings is 1. The summed E-state index contributed by atoms with van der Waals surface area (Å²) in [5.74, 6) is -0.114. The summed E-state index contributed by atoms with van der Waals surface area (Å²) in [5.41, 5.74) is 2.93. The highest BCUT2D eigenvalue weighted by atomic mass is 16.2. The monoisotopic (exact) mass is 321 g/mol. The van der Waals surface area contributed by atoms with E-state index in [1.807, 2.05) is 43.3 Å². The van der Waals surface area contributed by atoms with E-state index < -0.39 is 5.54 Å². The lowest BCUT2D eigenvalue weighted by molar-refractivity contribution is -0.124. The van der Waals surface area contributed by atoms with Crippen molar-refractivity contribution in [1.82, 2.24) is 10.3 Å². The highest BCUT2D eigenvalue weighted by molar-refractivity contribution is 6.24. The van der Waals surface area contributed by atoms with Gasteiger partial charge in [0.2, 0.25) is 0 Å². The molecule has 1 aliphatic heterocycles. The number of hydrogen-bond acceptors (Lipinski definition) is 3. The number of aryl methyl sites for hydroxylation is 1. The molecule has 5 nitrogen and oxygen atoms in total. The lowest BCUT2D eigenvalue weighted by Gasteiger charge is -2.35. The number of nitrogens with one attached hydrogen (secondary N) is 1. The minimum atomic E-state index is -0.652. The van der Waals surface area contributed by atoms with Gasteiger partial charge in [-0.15, -0.1) is 0 Å². The molecule has 0 radical (unpaired) electrons. The van der Waals surface area contributed by atoms with Gasteiger partial charge in [-0.2, -0.15) is 0 Å². The fourth-order valence-electron chi connectivity index (χ4n) is 3.43. The number of rotatable bonds is 3. The summed E-state index contributed by atoms with van der Waals surface area (Å²) in [5, 5.41) is 2.89. The number of amides is 3. The van der Waals surface area contributed by atoms with E-state index in [0.29, 0.717) is 12.1 Å². The predicted octanol–water partition coefficient (Wildman–Crippen LogP) is 2.96. The molecule has 1 spiro atoms. The Morgan fingerprint density at radius 2 is 2.04 bits per heavy atom. The van der Waals surface area contributed by atoms with Crippen molar-refractivity contribution in [2.24, 2.45) is 0 Å². The van der Waals surface area contributed by atoms with E-state index in [-0.39, 0.29) is 11.9 Å². The van der Waals surface area contributed by atoms with Gasteiger partial charge in [0.15, 0.2) is 0 Å². The van der Waals surface area contributed by atoms with Crippen LogP contribution in [0.2, 0.25) is 0 Å². The van der Waals surface area contributed by atoms with Gasteiger partial charge < -0.3 is 5.32 Å². The molecule has 24 heavy (non-hydrogen) atoms. The first-order valence-corrected chi connectivity index (χ1v) is 8.25. The molecule has 1 aromatic heterocycles. The molecule has 1 saturated carbocycles. The molecule has 1 saturated heterocycles. The molecule has 0 atom stereocenters. The fourth-order valence-corrected chi connectivity index (χ4v) is 3.43.